The summed E-state index contributed by atoms with van der Waals surface area (Å²) in [6.45, 7) is 5.97. The third-order valence-electron chi connectivity index (χ3n) is 5.77. The van der Waals surface area contributed by atoms with Crippen LogP contribution in [0.3, 0.4) is 0 Å². The average Bonchev–Trinajstić information content (AvgIpc) is 3.32. The van der Waals surface area contributed by atoms with E-state index in [0.717, 1.165) is 26.1 Å². The zero-order valence-electron chi connectivity index (χ0n) is 18.8. The van der Waals surface area contributed by atoms with E-state index >= 15 is 0 Å². The maximum Gasteiger partial charge on any atom is 0.222 e. The molecular formula is C22H36IN5O3S. The van der Waals surface area contributed by atoms with Crippen LogP contribution in [0, 0.1) is 0 Å². The predicted molar refractivity (Wildman–Crippen MR) is 139 cm³/mol. The number of nitrogens with one attached hydrogen (secondary N) is 3. The highest BCUT2D eigenvalue weighted by atomic mass is 127. The van der Waals surface area contributed by atoms with E-state index in [1.807, 2.05) is 13.0 Å². The number of hydrogen-bond donors (Lipinski definition) is 3. The number of likely N-dealkylation sites (tertiary alicyclic amines) is 1. The fraction of sp³-hybridized carbons (Fsp3) is 0.636. The van der Waals surface area contributed by atoms with Gasteiger partial charge in [-0.05, 0) is 38.3 Å². The van der Waals surface area contributed by atoms with E-state index in [-0.39, 0.29) is 53.9 Å². The average molecular weight is 578 g/mol. The van der Waals surface area contributed by atoms with Gasteiger partial charge in [-0.25, -0.2) is 8.42 Å². The molecule has 2 unspecified atom stereocenters. The fourth-order valence-corrected chi connectivity index (χ4v) is 5.84. The summed E-state index contributed by atoms with van der Waals surface area (Å²) in [5.41, 5.74) is 1.32. The third kappa shape index (κ3) is 8.86. The van der Waals surface area contributed by atoms with Crippen LogP contribution in [0.5, 0.6) is 0 Å². The smallest absolute Gasteiger partial charge is 0.222 e. The van der Waals surface area contributed by atoms with Crippen molar-refractivity contribution >= 4 is 45.7 Å². The number of carbonyl (C=O) groups is 1. The molecule has 2 aliphatic rings. The van der Waals surface area contributed by atoms with Gasteiger partial charge in [-0.2, -0.15) is 0 Å². The molecule has 8 nitrogen and oxygen atoms in total. The summed E-state index contributed by atoms with van der Waals surface area (Å²) < 4.78 is 23.0. The third-order valence-corrected chi connectivity index (χ3v) is 7.54. The summed E-state index contributed by atoms with van der Waals surface area (Å²) in [6.07, 6.45) is 3.12. The minimum Gasteiger partial charge on any atom is -0.357 e. The molecule has 2 atom stereocenters. The normalized spacial score (nSPS) is 22.8. The van der Waals surface area contributed by atoms with Gasteiger partial charge < -0.3 is 16.0 Å². The van der Waals surface area contributed by atoms with Gasteiger partial charge in [-0.3, -0.25) is 14.7 Å². The van der Waals surface area contributed by atoms with Crippen molar-refractivity contribution in [1.29, 1.82) is 0 Å². The Labute approximate surface area is 208 Å². The first-order chi connectivity index (χ1) is 14.9. The minimum atomic E-state index is -2.99. The molecule has 1 aromatic rings. The number of rotatable bonds is 9. The van der Waals surface area contributed by atoms with Crippen LogP contribution in [0.2, 0.25) is 0 Å². The number of benzene rings is 1. The van der Waals surface area contributed by atoms with E-state index in [1.165, 1.54) is 12.0 Å². The molecule has 2 saturated heterocycles. The molecule has 1 amide bonds. The van der Waals surface area contributed by atoms with Crippen molar-refractivity contribution in [3.05, 3.63) is 35.9 Å². The van der Waals surface area contributed by atoms with Crippen molar-refractivity contribution in [3.8, 4) is 0 Å². The lowest BCUT2D eigenvalue weighted by Gasteiger charge is -2.23. The highest BCUT2D eigenvalue weighted by molar-refractivity contribution is 14.0. The van der Waals surface area contributed by atoms with Gasteiger partial charge in [0.1, 0.15) is 0 Å². The van der Waals surface area contributed by atoms with Crippen molar-refractivity contribution in [2.24, 2.45) is 4.99 Å². The molecule has 0 aromatic heterocycles. The first kappa shape index (κ1) is 26.8. The number of sulfone groups is 1. The van der Waals surface area contributed by atoms with E-state index in [1.54, 1.807) is 0 Å². The Morgan fingerprint density at radius 2 is 1.97 bits per heavy atom. The molecule has 2 heterocycles. The zero-order chi connectivity index (χ0) is 22.1. The minimum absolute atomic E-state index is 0. The quantitative estimate of drug-likeness (QED) is 0.234. The summed E-state index contributed by atoms with van der Waals surface area (Å²) in [5.74, 6) is 0.799. The van der Waals surface area contributed by atoms with Crippen LogP contribution in [-0.2, 0) is 21.2 Å². The van der Waals surface area contributed by atoms with Crippen molar-refractivity contribution < 1.29 is 13.2 Å². The zero-order valence-corrected chi connectivity index (χ0v) is 21.9. The number of nitrogens with zero attached hydrogens (tertiary/aromatic N) is 2. The van der Waals surface area contributed by atoms with E-state index in [2.05, 4.69) is 45.1 Å². The Kier molecular flexibility index (Phi) is 11.2. The molecule has 0 saturated carbocycles. The molecule has 0 spiro atoms. The standard InChI is InChI=1S/C22H35N5O3S.HI/c1-2-23-22(24-12-10-21(28)26-19-11-14-31(29,30)17-19)25-15-20-9-6-13-27(20)16-18-7-4-3-5-8-18;/h3-5,7-8,19-20H,2,6,9-17H2,1H3,(H,26,28)(H2,23,24,25);1H. The summed E-state index contributed by atoms with van der Waals surface area (Å²) in [4.78, 5) is 19.4. The largest absolute Gasteiger partial charge is 0.357 e. The van der Waals surface area contributed by atoms with E-state index in [4.69, 9.17) is 4.99 Å². The summed E-state index contributed by atoms with van der Waals surface area (Å²) in [5, 5.41) is 9.28. The van der Waals surface area contributed by atoms with Crippen LogP contribution in [-0.4, -0.2) is 75.0 Å². The predicted octanol–water partition coefficient (Wildman–Crippen LogP) is 1.52. The van der Waals surface area contributed by atoms with Crippen molar-refractivity contribution in [2.45, 2.75) is 51.2 Å². The summed E-state index contributed by atoms with van der Waals surface area (Å²) >= 11 is 0. The van der Waals surface area contributed by atoms with Gasteiger partial charge in [0.05, 0.1) is 18.1 Å². The Hall–Kier alpha value is -1.40. The van der Waals surface area contributed by atoms with Crippen molar-refractivity contribution in [1.82, 2.24) is 20.9 Å². The SMILES string of the molecule is CCNC(=NCC1CCCN1Cc1ccccc1)NCCC(=O)NC1CCS(=O)(=O)C1.I. The van der Waals surface area contributed by atoms with Crippen LogP contribution in [0.15, 0.2) is 35.3 Å². The Bertz CT molecular complexity index is 850. The molecule has 1 aromatic carbocycles. The summed E-state index contributed by atoms with van der Waals surface area (Å²) in [7, 11) is -2.99. The number of amides is 1. The fourth-order valence-electron chi connectivity index (χ4n) is 4.17. The van der Waals surface area contributed by atoms with Gasteiger partial charge >= 0.3 is 0 Å². The molecule has 3 rings (SSSR count). The lowest BCUT2D eigenvalue weighted by Crippen LogP contribution is -2.42. The molecule has 0 aliphatic carbocycles. The Morgan fingerprint density at radius 1 is 1.19 bits per heavy atom. The van der Waals surface area contributed by atoms with Gasteiger partial charge in [0.2, 0.25) is 5.91 Å². The maximum atomic E-state index is 12.1. The van der Waals surface area contributed by atoms with Crippen LogP contribution in [0.4, 0.5) is 0 Å². The van der Waals surface area contributed by atoms with Crippen LogP contribution in [0.1, 0.15) is 38.2 Å². The lowest BCUT2D eigenvalue weighted by molar-refractivity contribution is -0.121. The molecule has 0 bridgehead atoms. The number of hydrogen-bond acceptors (Lipinski definition) is 5. The van der Waals surface area contributed by atoms with E-state index in [0.29, 0.717) is 31.5 Å². The van der Waals surface area contributed by atoms with E-state index < -0.39 is 9.84 Å². The van der Waals surface area contributed by atoms with Crippen molar-refractivity contribution in [3.63, 3.8) is 0 Å². The molecule has 3 N–H and O–H groups in total. The molecule has 10 heteroatoms. The first-order valence-electron chi connectivity index (χ1n) is 11.2. The van der Waals surface area contributed by atoms with Gasteiger partial charge in [-0.15, -0.1) is 24.0 Å². The topological polar surface area (TPSA) is 103 Å². The highest BCUT2D eigenvalue weighted by Crippen LogP contribution is 2.20. The molecule has 32 heavy (non-hydrogen) atoms. The molecule has 2 fully saturated rings. The second kappa shape index (κ2) is 13.3. The number of aliphatic imine (C=N–C) groups is 1. The second-order valence-electron chi connectivity index (χ2n) is 8.32. The van der Waals surface area contributed by atoms with Crippen LogP contribution < -0.4 is 16.0 Å². The van der Waals surface area contributed by atoms with Crippen LogP contribution >= 0.6 is 24.0 Å². The Balaban J connectivity index is 0.00000363. The highest BCUT2D eigenvalue weighted by Gasteiger charge is 2.28. The molecular weight excluding hydrogens is 541 g/mol. The molecule has 180 valence electrons. The molecule has 2 aliphatic heterocycles. The monoisotopic (exact) mass is 577 g/mol. The maximum absolute atomic E-state index is 12.1. The summed E-state index contributed by atoms with van der Waals surface area (Å²) in [6, 6.07) is 10.7. The Morgan fingerprint density at radius 3 is 2.66 bits per heavy atom. The number of guanidine groups is 1. The number of carbonyl (C=O) groups excluding carboxylic acids is 1. The van der Waals surface area contributed by atoms with Crippen molar-refractivity contribution in [2.75, 3.05) is 37.7 Å². The van der Waals surface area contributed by atoms with Gasteiger partial charge in [0.15, 0.2) is 15.8 Å². The first-order valence-corrected chi connectivity index (χ1v) is 13.1. The lowest BCUT2D eigenvalue weighted by atomic mass is 10.2. The van der Waals surface area contributed by atoms with Gasteiger partial charge in [0, 0.05) is 38.1 Å². The van der Waals surface area contributed by atoms with Gasteiger partial charge in [0.25, 0.3) is 0 Å². The second-order valence-corrected chi connectivity index (χ2v) is 10.5. The molecule has 0 radical (unpaired) electrons. The van der Waals surface area contributed by atoms with Crippen LogP contribution in [0.25, 0.3) is 0 Å². The van der Waals surface area contributed by atoms with Gasteiger partial charge in [-0.1, -0.05) is 30.3 Å². The number of halogens is 1. The van der Waals surface area contributed by atoms with E-state index in [9.17, 15) is 13.2 Å².